The highest BCUT2D eigenvalue weighted by Gasteiger charge is 2.12. The summed E-state index contributed by atoms with van der Waals surface area (Å²) in [6, 6.07) is 4.78. The molecule has 0 unspecified atom stereocenters. The predicted octanol–water partition coefficient (Wildman–Crippen LogP) is -0.118. The zero-order chi connectivity index (χ0) is 14.3. The lowest BCUT2D eigenvalue weighted by atomic mass is 10.1. The molecule has 0 bridgehead atoms. The van der Waals surface area contributed by atoms with Crippen LogP contribution < -0.4 is 0 Å². The summed E-state index contributed by atoms with van der Waals surface area (Å²) in [6.45, 7) is 2.73. The Kier molecular flexibility index (Phi) is 7.04. The van der Waals surface area contributed by atoms with Crippen molar-refractivity contribution in [3.05, 3.63) is 29.3 Å². The molecule has 0 aliphatic heterocycles. The van der Waals surface area contributed by atoms with Crippen molar-refractivity contribution in [2.75, 3.05) is 13.2 Å². The van der Waals surface area contributed by atoms with Gasteiger partial charge in [-0.3, -0.25) is 4.55 Å². The summed E-state index contributed by atoms with van der Waals surface area (Å²) >= 11 is 0. The Balaban J connectivity index is 0.000000411. The first-order chi connectivity index (χ1) is 8.23. The van der Waals surface area contributed by atoms with Crippen molar-refractivity contribution >= 4 is 10.1 Å². The van der Waals surface area contributed by atoms with E-state index < -0.39 is 16.2 Å². The minimum Gasteiger partial charge on any atom is -0.394 e. The average Bonchev–Trinajstić information content (AvgIpc) is 2.31. The minimum atomic E-state index is -4.06. The van der Waals surface area contributed by atoms with Crippen molar-refractivity contribution < 1.29 is 28.3 Å². The number of hydrogen-bond acceptors (Lipinski definition) is 5. The molecule has 0 aliphatic carbocycles. The molecule has 0 saturated carbocycles. The van der Waals surface area contributed by atoms with Gasteiger partial charge in [0.25, 0.3) is 10.1 Å². The maximum absolute atomic E-state index is 10.8. The van der Waals surface area contributed by atoms with E-state index in [0.29, 0.717) is 5.56 Å². The second kappa shape index (κ2) is 7.45. The van der Waals surface area contributed by atoms with Gasteiger partial charge in [0.15, 0.2) is 0 Å². The Bertz CT molecular complexity index is 464. The Hall–Kier alpha value is -0.990. The average molecular weight is 278 g/mol. The van der Waals surface area contributed by atoms with Crippen molar-refractivity contribution in [3.8, 4) is 0 Å². The summed E-state index contributed by atoms with van der Waals surface area (Å²) in [7, 11) is -4.06. The molecule has 0 radical (unpaired) electrons. The summed E-state index contributed by atoms with van der Waals surface area (Å²) in [5.41, 5.74) is 1.45. The zero-order valence-corrected chi connectivity index (χ0v) is 11.1. The number of rotatable bonds is 3. The van der Waals surface area contributed by atoms with E-state index in [1.165, 1.54) is 6.07 Å². The minimum absolute atomic E-state index is 0.0116. The van der Waals surface area contributed by atoms with Gasteiger partial charge in [0.2, 0.25) is 0 Å². The number of aryl methyl sites for hydroxylation is 1. The molecule has 0 atom stereocenters. The van der Waals surface area contributed by atoms with Gasteiger partial charge in [-0.15, -0.1) is 0 Å². The Morgan fingerprint density at radius 3 is 1.94 bits per heavy atom. The van der Waals surface area contributed by atoms with Gasteiger partial charge >= 0.3 is 0 Å². The summed E-state index contributed by atoms with van der Waals surface area (Å²) < 4.78 is 30.3. The van der Waals surface area contributed by atoms with Crippen molar-refractivity contribution in [2.45, 2.75) is 24.8 Å². The van der Waals surface area contributed by atoms with Crippen LogP contribution in [0, 0.1) is 13.8 Å². The van der Waals surface area contributed by atoms with E-state index in [1.54, 1.807) is 26.0 Å². The third-order valence-electron chi connectivity index (χ3n) is 2.25. The van der Waals surface area contributed by atoms with Gasteiger partial charge < -0.3 is 15.3 Å². The lowest BCUT2D eigenvalue weighted by Crippen LogP contribution is -2.15. The molecule has 6 nitrogen and oxygen atoms in total. The highest BCUT2D eigenvalue weighted by molar-refractivity contribution is 7.85. The van der Waals surface area contributed by atoms with Gasteiger partial charge in [0.05, 0.1) is 18.1 Å². The maximum atomic E-state index is 10.8. The quantitative estimate of drug-likeness (QED) is 0.573. The van der Waals surface area contributed by atoms with E-state index in [-0.39, 0.29) is 18.1 Å². The van der Waals surface area contributed by atoms with Crippen LogP contribution >= 0.6 is 0 Å². The van der Waals surface area contributed by atoms with Crippen molar-refractivity contribution in [3.63, 3.8) is 0 Å². The highest BCUT2D eigenvalue weighted by Crippen LogP contribution is 2.17. The lowest BCUT2D eigenvalue weighted by Gasteiger charge is -2.03. The van der Waals surface area contributed by atoms with Gasteiger partial charge in [-0.05, 0) is 31.0 Å². The molecule has 0 spiro atoms. The molecule has 0 aliphatic rings. The van der Waals surface area contributed by atoms with Gasteiger partial charge in [0.1, 0.15) is 6.10 Å². The van der Waals surface area contributed by atoms with Crippen molar-refractivity contribution in [1.82, 2.24) is 0 Å². The number of benzene rings is 1. The molecule has 18 heavy (non-hydrogen) atoms. The summed E-state index contributed by atoms with van der Waals surface area (Å²) in [5, 5.41) is 24.0. The highest BCUT2D eigenvalue weighted by atomic mass is 32.2. The fourth-order valence-corrected chi connectivity index (χ4v) is 1.86. The largest absolute Gasteiger partial charge is 0.394 e. The van der Waals surface area contributed by atoms with Gasteiger partial charge in [-0.2, -0.15) is 8.42 Å². The number of aliphatic hydroxyl groups excluding tert-OH is 3. The smallest absolute Gasteiger partial charge is 0.294 e. The van der Waals surface area contributed by atoms with Crippen LogP contribution in [0.3, 0.4) is 0 Å². The molecule has 1 rings (SSSR count). The topological polar surface area (TPSA) is 115 Å². The first kappa shape index (κ1) is 17.0. The van der Waals surface area contributed by atoms with Crippen LogP contribution in [0.5, 0.6) is 0 Å². The van der Waals surface area contributed by atoms with Crippen LogP contribution in [0.25, 0.3) is 0 Å². The first-order valence-electron chi connectivity index (χ1n) is 5.17. The third-order valence-corrected chi connectivity index (χ3v) is 3.25. The molecule has 0 heterocycles. The molecule has 0 aromatic heterocycles. The molecular formula is C11H18O6S. The molecule has 1 aromatic rings. The molecule has 104 valence electrons. The number of hydrogen-bond donors (Lipinski definition) is 4. The second-order valence-corrected chi connectivity index (χ2v) is 5.08. The Morgan fingerprint density at radius 1 is 1.17 bits per heavy atom. The third kappa shape index (κ3) is 5.56. The van der Waals surface area contributed by atoms with Crippen LogP contribution in [-0.4, -0.2) is 47.6 Å². The van der Waals surface area contributed by atoms with Gasteiger partial charge in [0, 0.05) is 0 Å². The fraction of sp³-hybridized carbons (Fsp3) is 0.455. The molecule has 0 fully saturated rings. The SMILES string of the molecule is Cc1cccc(S(=O)(=O)O)c1C.OCC(O)CO. The Morgan fingerprint density at radius 2 is 1.67 bits per heavy atom. The first-order valence-corrected chi connectivity index (χ1v) is 6.61. The molecule has 4 N–H and O–H groups in total. The van der Waals surface area contributed by atoms with E-state index in [2.05, 4.69) is 0 Å². The molecule has 0 amide bonds. The van der Waals surface area contributed by atoms with Crippen molar-refractivity contribution in [1.29, 1.82) is 0 Å². The summed E-state index contributed by atoms with van der Waals surface area (Å²) in [6.07, 6.45) is -0.954. The maximum Gasteiger partial charge on any atom is 0.294 e. The van der Waals surface area contributed by atoms with E-state index in [0.717, 1.165) is 5.56 Å². The van der Waals surface area contributed by atoms with E-state index in [4.69, 9.17) is 19.9 Å². The predicted molar refractivity (Wildman–Crippen MR) is 65.9 cm³/mol. The summed E-state index contributed by atoms with van der Waals surface area (Å²) in [5.74, 6) is 0. The Labute approximate surface area is 106 Å². The molecule has 1 aromatic carbocycles. The number of aliphatic hydroxyl groups is 3. The lowest BCUT2D eigenvalue weighted by molar-refractivity contribution is 0.0450. The monoisotopic (exact) mass is 278 g/mol. The van der Waals surface area contributed by atoms with Crippen LogP contribution in [0.15, 0.2) is 23.1 Å². The second-order valence-electron chi connectivity index (χ2n) is 3.69. The zero-order valence-electron chi connectivity index (χ0n) is 10.2. The molecule has 7 heteroatoms. The van der Waals surface area contributed by atoms with Crippen LogP contribution in [0.2, 0.25) is 0 Å². The van der Waals surface area contributed by atoms with Crippen LogP contribution in [0.4, 0.5) is 0 Å². The van der Waals surface area contributed by atoms with Crippen molar-refractivity contribution in [2.24, 2.45) is 0 Å². The molecule has 0 saturated heterocycles. The van der Waals surface area contributed by atoms with E-state index in [9.17, 15) is 8.42 Å². The van der Waals surface area contributed by atoms with E-state index >= 15 is 0 Å². The summed E-state index contributed by atoms with van der Waals surface area (Å²) in [4.78, 5) is -0.0116. The van der Waals surface area contributed by atoms with Crippen LogP contribution in [0.1, 0.15) is 11.1 Å². The fourth-order valence-electron chi connectivity index (χ4n) is 1.06. The molecular weight excluding hydrogens is 260 g/mol. The normalized spacial score (nSPS) is 11.1. The van der Waals surface area contributed by atoms with E-state index in [1.807, 2.05) is 0 Å². The standard InChI is InChI=1S/C8H10O3S.C3H8O3/c1-6-4-3-5-8(7(6)2)12(9,10)11;4-1-3(6)2-5/h3-5H,1-2H3,(H,9,10,11);3-6H,1-2H2. The van der Waals surface area contributed by atoms with Crippen LogP contribution in [-0.2, 0) is 10.1 Å². The van der Waals surface area contributed by atoms with Gasteiger partial charge in [-0.1, -0.05) is 12.1 Å². The van der Waals surface area contributed by atoms with Gasteiger partial charge in [-0.25, -0.2) is 0 Å².